The summed E-state index contributed by atoms with van der Waals surface area (Å²) in [5, 5.41) is 13.4. The molecule has 2 aromatic rings. The number of nitrogens with zero attached hydrogens (tertiary/aromatic N) is 2. The van der Waals surface area contributed by atoms with E-state index in [9.17, 15) is 5.11 Å². The number of hydrogen-bond acceptors (Lipinski definition) is 4. The summed E-state index contributed by atoms with van der Waals surface area (Å²) in [7, 11) is 0. The van der Waals surface area contributed by atoms with Crippen LogP contribution in [-0.4, -0.2) is 34.3 Å². The van der Waals surface area contributed by atoms with E-state index in [0.717, 1.165) is 32.5 Å². The molecular weight excluding hydrogens is 358 g/mol. The summed E-state index contributed by atoms with van der Waals surface area (Å²) in [6.07, 6.45) is 13.8. The van der Waals surface area contributed by atoms with Gasteiger partial charge in [0.2, 0.25) is 0 Å². The van der Waals surface area contributed by atoms with Gasteiger partial charge in [-0.25, -0.2) is 0 Å². The summed E-state index contributed by atoms with van der Waals surface area (Å²) in [5.74, 6) is 0.576. The first kappa shape index (κ1) is 18.8. The van der Waals surface area contributed by atoms with Crippen LogP contribution in [0.4, 0.5) is 5.69 Å². The molecule has 1 saturated heterocycles. The molecule has 4 heteroatoms. The van der Waals surface area contributed by atoms with Gasteiger partial charge in [0.15, 0.2) is 0 Å². The number of benzene rings is 1. The number of aliphatic hydroxyl groups is 1. The maximum Gasteiger partial charge on any atom is 0.124 e. The number of rotatable bonds is 4. The summed E-state index contributed by atoms with van der Waals surface area (Å²) >= 11 is 0. The molecule has 1 aromatic carbocycles. The number of pyridine rings is 1. The molecule has 3 aliphatic rings. The number of allylic oxidation sites excluding steroid dienone is 2. The minimum atomic E-state index is -0.404. The molecule has 0 bridgehead atoms. The lowest BCUT2D eigenvalue weighted by Crippen LogP contribution is -2.33. The van der Waals surface area contributed by atoms with Gasteiger partial charge in [-0.1, -0.05) is 24.3 Å². The van der Waals surface area contributed by atoms with Crippen molar-refractivity contribution < 1.29 is 5.11 Å². The van der Waals surface area contributed by atoms with E-state index < -0.39 is 6.23 Å². The van der Waals surface area contributed by atoms with Crippen LogP contribution in [0.2, 0.25) is 0 Å². The first-order chi connectivity index (χ1) is 14.3. The predicted molar refractivity (Wildman–Crippen MR) is 118 cm³/mol. The maximum absolute atomic E-state index is 10.1. The monoisotopic (exact) mass is 389 g/mol. The third kappa shape index (κ3) is 4.10. The first-order valence-electron chi connectivity index (χ1n) is 11.2. The van der Waals surface area contributed by atoms with Crippen molar-refractivity contribution in [2.75, 3.05) is 18.4 Å². The lowest BCUT2D eigenvalue weighted by atomic mass is 9.85. The summed E-state index contributed by atoms with van der Waals surface area (Å²) in [5.41, 5.74) is 8.08. The Hall–Kier alpha value is -2.17. The van der Waals surface area contributed by atoms with E-state index in [-0.39, 0.29) is 0 Å². The predicted octanol–water partition coefficient (Wildman–Crippen LogP) is 4.71. The molecule has 1 unspecified atom stereocenters. The molecule has 2 aliphatic heterocycles. The molecule has 152 valence electrons. The maximum atomic E-state index is 10.1. The summed E-state index contributed by atoms with van der Waals surface area (Å²) in [6.45, 7) is 3.22. The number of piperidine rings is 1. The van der Waals surface area contributed by atoms with Gasteiger partial charge in [0.05, 0.1) is 0 Å². The fraction of sp³-hybridized carbons (Fsp3) is 0.480. The van der Waals surface area contributed by atoms with Gasteiger partial charge in [-0.3, -0.25) is 9.88 Å². The fourth-order valence-corrected chi connectivity index (χ4v) is 5.22. The molecule has 1 atom stereocenters. The van der Waals surface area contributed by atoms with E-state index in [4.69, 9.17) is 0 Å². The Kier molecular flexibility index (Phi) is 5.38. The Balaban J connectivity index is 1.23. The topological polar surface area (TPSA) is 48.4 Å². The van der Waals surface area contributed by atoms with Crippen LogP contribution in [0.1, 0.15) is 66.7 Å². The molecule has 0 radical (unpaired) electrons. The lowest BCUT2D eigenvalue weighted by Gasteiger charge is -2.35. The Morgan fingerprint density at radius 3 is 2.83 bits per heavy atom. The molecule has 4 nitrogen and oxygen atoms in total. The molecule has 29 heavy (non-hydrogen) atoms. The standard InChI is InChI=1S/C25H31N3O/c29-24-9-8-21-6-3-7-23(25(21)27-24)20-10-12-28(13-11-20)17-18-14-22(16-26-15-18)19-4-1-2-5-19/h3-4,6-7,14-16,20,24,27,29H,1-2,5,8-13,17H2. The van der Waals surface area contributed by atoms with Crippen LogP contribution in [0.25, 0.3) is 5.57 Å². The van der Waals surface area contributed by atoms with Crippen LogP contribution in [0.5, 0.6) is 0 Å². The molecule has 0 spiro atoms. The zero-order valence-electron chi connectivity index (χ0n) is 17.1. The second-order valence-electron chi connectivity index (χ2n) is 8.83. The molecular formula is C25H31N3O. The van der Waals surface area contributed by atoms with E-state index in [1.165, 1.54) is 65.6 Å². The normalized spacial score (nSPS) is 22.8. The number of nitrogens with one attached hydrogen (secondary N) is 1. The number of hydrogen-bond donors (Lipinski definition) is 2. The van der Waals surface area contributed by atoms with Crippen molar-refractivity contribution in [1.29, 1.82) is 0 Å². The third-order valence-electron chi connectivity index (χ3n) is 6.82. The summed E-state index contributed by atoms with van der Waals surface area (Å²) in [4.78, 5) is 7.08. The highest BCUT2D eigenvalue weighted by Crippen LogP contribution is 2.37. The van der Waals surface area contributed by atoms with Crippen LogP contribution in [-0.2, 0) is 13.0 Å². The number of likely N-dealkylation sites (tertiary alicyclic amines) is 1. The SMILES string of the molecule is OC1CCc2cccc(C3CCN(Cc4cncc(C5=CCCC5)c4)CC3)c2N1. The van der Waals surface area contributed by atoms with E-state index in [2.05, 4.69) is 45.5 Å². The quantitative estimate of drug-likeness (QED) is 0.795. The molecule has 3 heterocycles. The van der Waals surface area contributed by atoms with Gasteiger partial charge in [0.1, 0.15) is 6.23 Å². The fourth-order valence-electron chi connectivity index (χ4n) is 5.22. The average Bonchev–Trinajstić information content (AvgIpc) is 3.29. The second-order valence-corrected chi connectivity index (χ2v) is 8.83. The van der Waals surface area contributed by atoms with Gasteiger partial charge in [-0.05, 0) is 97.8 Å². The Morgan fingerprint density at radius 2 is 2.00 bits per heavy atom. The number of aromatic nitrogens is 1. The third-order valence-corrected chi connectivity index (χ3v) is 6.82. The van der Waals surface area contributed by atoms with Crippen molar-refractivity contribution in [1.82, 2.24) is 9.88 Å². The average molecular weight is 390 g/mol. The molecule has 1 fully saturated rings. The van der Waals surface area contributed by atoms with Gasteiger partial charge < -0.3 is 10.4 Å². The van der Waals surface area contributed by atoms with Crippen molar-refractivity contribution in [3.63, 3.8) is 0 Å². The van der Waals surface area contributed by atoms with Crippen molar-refractivity contribution in [2.45, 2.75) is 63.6 Å². The molecule has 2 N–H and O–H groups in total. The highest BCUT2D eigenvalue weighted by molar-refractivity contribution is 5.66. The number of fused-ring (bicyclic) bond motifs is 1. The van der Waals surface area contributed by atoms with Crippen LogP contribution in [0, 0.1) is 0 Å². The Bertz CT molecular complexity index is 899. The Morgan fingerprint density at radius 1 is 1.10 bits per heavy atom. The molecule has 0 amide bonds. The zero-order chi connectivity index (χ0) is 19.6. The van der Waals surface area contributed by atoms with Crippen LogP contribution in [0.3, 0.4) is 0 Å². The minimum Gasteiger partial charge on any atom is -0.374 e. The van der Waals surface area contributed by atoms with E-state index in [1.807, 2.05) is 12.4 Å². The van der Waals surface area contributed by atoms with E-state index >= 15 is 0 Å². The van der Waals surface area contributed by atoms with Crippen LogP contribution in [0.15, 0.2) is 42.7 Å². The van der Waals surface area contributed by atoms with Gasteiger partial charge in [-0.2, -0.15) is 0 Å². The number of aryl methyl sites for hydroxylation is 1. The Labute approximate surface area is 173 Å². The number of aliphatic hydroxyl groups excluding tert-OH is 1. The van der Waals surface area contributed by atoms with Crippen molar-refractivity contribution in [3.8, 4) is 0 Å². The van der Waals surface area contributed by atoms with Crippen molar-refractivity contribution >= 4 is 11.3 Å². The van der Waals surface area contributed by atoms with Gasteiger partial charge >= 0.3 is 0 Å². The lowest BCUT2D eigenvalue weighted by molar-refractivity contribution is 0.187. The smallest absolute Gasteiger partial charge is 0.124 e. The molecule has 1 aromatic heterocycles. The summed E-state index contributed by atoms with van der Waals surface area (Å²) < 4.78 is 0. The van der Waals surface area contributed by atoms with Crippen molar-refractivity contribution in [2.24, 2.45) is 0 Å². The van der Waals surface area contributed by atoms with E-state index in [1.54, 1.807) is 0 Å². The van der Waals surface area contributed by atoms with Gasteiger partial charge in [-0.15, -0.1) is 0 Å². The number of para-hydroxylation sites is 1. The molecule has 0 saturated carbocycles. The largest absolute Gasteiger partial charge is 0.374 e. The molecule has 5 rings (SSSR count). The van der Waals surface area contributed by atoms with Gasteiger partial charge in [0, 0.05) is 24.6 Å². The van der Waals surface area contributed by atoms with Crippen LogP contribution >= 0.6 is 0 Å². The summed E-state index contributed by atoms with van der Waals surface area (Å²) in [6, 6.07) is 8.99. The highest BCUT2D eigenvalue weighted by Gasteiger charge is 2.26. The van der Waals surface area contributed by atoms with Gasteiger partial charge in [0.25, 0.3) is 0 Å². The van der Waals surface area contributed by atoms with Crippen LogP contribution < -0.4 is 5.32 Å². The number of anilines is 1. The minimum absolute atomic E-state index is 0.404. The molecule has 1 aliphatic carbocycles. The first-order valence-corrected chi connectivity index (χ1v) is 11.2. The zero-order valence-corrected chi connectivity index (χ0v) is 17.1. The second kappa shape index (κ2) is 8.29. The highest BCUT2D eigenvalue weighted by atomic mass is 16.3. The van der Waals surface area contributed by atoms with Crippen molar-refractivity contribution in [3.05, 3.63) is 65.0 Å². The van der Waals surface area contributed by atoms with E-state index in [0.29, 0.717) is 5.92 Å².